The van der Waals surface area contributed by atoms with Crippen molar-refractivity contribution in [2.75, 3.05) is 16.4 Å². The molecule has 0 saturated heterocycles. The Kier molecular flexibility index (Phi) is 5.63. The number of amides is 1. The van der Waals surface area contributed by atoms with Gasteiger partial charge in [-0.25, -0.2) is 4.68 Å². The first-order chi connectivity index (χ1) is 13.6. The molecule has 2 heterocycles. The van der Waals surface area contributed by atoms with E-state index in [0.717, 1.165) is 20.9 Å². The van der Waals surface area contributed by atoms with Gasteiger partial charge in [0.1, 0.15) is 5.82 Å². The molecule has 0 bridgehead atoms. The summed E-state index contributed by atoms with van der Waals surface area (Å²) in [5.41, 5.74) is 1.98. The molecule has 3 aromatic rings. The van der Waals surface area contributed by atoms with Gasteiger partial charge < -0.3 is 10.6 Å². The van der Waals surface area contributed by atoms with Crippen LogP contribution in [-0.4, -0.2) is 37.7 Å². The van der Waals surface area contributed by atoms with Crippen molar-refractivity contribution in [3.63, 3.8) is 0 Å². The number of aromatic nitrogens is 4. The molecule has 1 aliphatic carbocycles. The Hall–Kier alpha value is -2.39. The van der Waals surface area contributed by atoms with Crippen molar-refractivity contribution in [3.05, 3.63) is 42.1 Å². The lowest BCUT2D eigenvalue weighted by Gasteiger charge is -2.08. The average Bonchev–Trinajstić information content (AvgIpc) is 3.30. The van der Waals surface area contributed by atoms with E-state index in [1.165, 1.54) is 35.9 Å². The number of thioether (sulfide) groups is 1. The van der Waals surface area contributed by atoms with E-state index >= 15 is 0 Å². The lowest BCUT2D eigenvalue weighted by atomic mass is 10.3. The molecule has 146 valence electrons. The molecule has 0 radical (unpaired) electrons. The van der Waals surface area contributed by atoms with Gasteiger partial charge in [-0.15, -0.1) is 10.2 Å². The molecule has 0 atom stereocenters. The lowest BCUT2D eigenvalue weighted by molar-refractivity contribution is -0.113. The molecule has 4 rings (SSSR count). The summed E-state index contributed by atoms with van der Waals surface area (Å²) >= 11 is 2.84. The molecule has 1 amide bonds. The molecule has 1 fully saturated rings. The number of carbonyl (C=O) groups is 1. The normalized spacial score (nSPS) is 13.7. The Balaban J connectivity index is 1.42. The van der Waals surface area contributed by atoms with Gasteiger partial charge in [0.2, 0.25) is 11.0 Å². The summed E-state index contributed by atoms with van der Waals surface area (Å²) in [4.78, 5) is 12.5. The van der Waals surface area contributed by atoms with E-state index in [9.17, 15) is 4.79 Å². The highest BCUT2D eigenvalue weighted by atomic mass is 32.2. The van der Waals surface area contributed by atoms with Gasteiger partial charge >= 0.3 is 0 Å². The Morgan fingerprint density at radius 1 is 1.29 bits per heavy atom. The molecule has 1 aliphatic rings. The van der Waals surface area contributed by atoms with Crippen LogP contribution in [0.5, 0.6) is 0 Å². The van der Waals surface area contributed by atoms with Crippen LogP contribution in [0, 0.1) is 0 Å². The van der Waals surface area contributed by atoms with Crippen LogP contribution in [0.2, 0.25) is 0 Å². The van der Waals surface area contributed by atoms with Crippen LogP contribution in [0.3, 0.4) is 0 Å². The van der Waals surface area contributed by atoms with Gasteiger partial charge in [-0.2, -0.15) is 5.10 Å². The number of hydrogen-bond donors (Lipinski definition) is 2. The van der Waals surface area contributed by atoms with Crippen LogP contribution in [0.4, 0.5) is 10.9 Å². The Morgan fingerprint density at radius 3 is 2.79 bits per heavy atom. The maximum absolute atomic E-state index is 12.5. The van der Waals surface area contributed by atoms with Crippen LogP contribution in [0.1, 0.15) is 38.3 Å². The molecule has 2 N–H and O–H groups in total. The summed E-state index contributed by atoms with van der Waals surface area (Å²) in [5, 5.41) is 19.9. The van der Waals surface area contributed by atoms with Crippen molar-refractivity contribution in [1.29, 1.82) is 0 Å². The zero-order valence-electron chi connectivity index (χ0n) is 15.8. The zero-order valence-corrected chi connectivity index (χ0v) is 17.4. The minimum atomic E-state index is -0.0852. The van der Waals surface area contributed by atoms with E-state index in [2.05, 4.69) is 20.8 Å². The van der Waals surface area contributed by atoms with E-state index in [-0.39, 0.29) is 11.7 Å². The predicted octanol–water partition coefficient (Wildman–Crippen LogP) is 4.15. The van der Waals surface area contributed by atoms with Gasteiger partial charge in [0.05, 0.1) is 17.1 Å². The monoisotopic (exact) mass is 414 g/mol. The third-order valence-electron chi connectivity index (χ3n) is 4.14. The molecule has 0 spiro atoms. The number of hydrogen-bond acceptors (Lipinski definition) is 7. The van der Waals surface area contributed by atoms with Gasteiger partial charge in [-0.05, 0) is 38.8 Å². The average molecular weight is 415 g/mol. The molecule has 2 aromatic heterocycles. The molecular formula is C19H22N6OS2. The number of rotatable bonds is 8. The fraction of sp³-hybridized carbons (Fsp3) is 0.368. The number of benzene rings is 1. The Labute approximate surface area is 171 Å². The van der Waals surface area contributed by atoms with Crippen molar-refractivity contribution in [2.45, 2.75) is 43.0 Å². The van der Waals surface area contributed by atoms with Crippen molar-refractivity contribution in [2.24, 2.45) is 0 Å². The van der Waals surface area contributed by atoms with Gasteiger partial charge in [0.15, 0.2) is 4.34 Å². The summed E-state index contributed by atoms with van der Waals surface area (Å²) < 4.78 is 2.58. The quantitative estimate of drug-likeness (QED) is 0.539. The topological polar surface area (TPSA) is 84.7 Å². The molecule has 0 unspecified atom stereocenters. The molecule has 7 nitrogen and oxygen atoms in total. The fourth-order valence-electron chi connectivity index (χ4n) is 2.71. The third-order valence-corrected chi connectivity index (χ3v) is 6.13. The summed E-state index contributed by atoms with van der Waals surface area (Å²) in [6, 6.07) is 12.2. The lowest BCUT2D eigenvalue weighted by Crippen LogP contribution is -2.16. The molecule has 1 aromatic carbocycles. The molecule has 0 aliphatic heterocycles. The second-order valence-corrected chi connectivity index (χ2v) is 9.19. The summed E-state index contributed by atoms with van der Waals surface area (Å²) in [6.45, 7) is 4.10. The SMILES string of the molecule is CC(C)Nc1nnc(SCC(=O)Nc2cc(C3CC3)nn2-c2ccccc2)s1. The first kappa shape index (κ1) is 18.9. The number of nitrogens with one attached hydrogen (secondary N) is 2. The number of nitrogens with zero attached hydrogens (tertiary/aromatic N) is 4. The van der Waals surface area contributed by atoms with Crippen molar-refractivity contribution in [1.82, 2.24) is 20.0 Å². The highest BCUT2D eigenvalue weighted by molar-refractivity contribution is 8.01. The second kappa shape index (κ2) is 8.32. The summed E-state index contributed by atoms with van der Waals surface area (Å²) in [5.74, 6) is 1.41. The minimum absolute atomic E-state index is 0.0852. The van der Waals surface area contributed by atoms with Gasteiger partial charge in [-0.1, -0.05) is 41.3 Å². The van der Waals surface area contributed by atoms with Crippen LogP contribution in [0.25, 0.3) is 5.69 Å². The van der Waals surface area contributed by atoms with Crippen LogP contribution < -0.4 is 10.6 Å². The standard InChI is InChI=1S/C19H22N6OS2/c1-12(2)20-18-22-23-19(28-18)27-11-17(26)21-16-10-15(13-8-9-13)24-25(16)14-6-4-3-5-7-14/h3-7,10,12-13H,8-9,11H2,1-2H3,(H,20,22)(H,21,26). The highest BCUT2D eigenvalue weighted by Crippen LogP contribution is 2.40. The minimum Gasteiger partial charge on any atom is -0.358 e. The molecule has 1 saturated carbocycles. The van der Waals surface area contributed by atoms with Gasteiger partial charge in [-0.3, -0.25) is 4.79 Å². The van der Waals surface area contributed by atoms with Gasteiger partial charge in [0, 0.05) is 18.0 Å². The largest absolute Gasteiger partial charge is 0.358 e. The van der Waals surface area contributed by atoms with Crippen molar-refractivity contribution >= 4 is 40.0 Å². The third kappa shape index (κ3) is 4.71. The number of carbonyl (C=O) groups excluding carboxylic acids is 1. The first-order valence-electron chi connectivity index (χ1n) is 9.26. The van der Waals surface area contributed by atoms with Crippen LogP contribution in [0.15, 0.2) is 40.7 Å². The Bertz CT molecular complexity index is 949. The predicted molar refractivity (Wildman–Crippen MR) is 114 cm³/mol. The van der Waals surface area contributed by atoms with E-state index in [1.54, 1.807) is 0 Å². The number of anilines is 2. The molecule has 9 heteroatoms. The first-order valence-corrected chi connectivity index (χ1v) is 11.1. The van der Waals surface area contributed by atoms with E-state index in [4.69, 9.17) is 5.10 Å². The highest BCUT2D eigenvalue weighted by Gasteiger charge is 2.28. The molecular weight excluding hydrogens is 392 g/mol. The zero-order chi connectivity index (χ0) is 19.5. The van der Waals surface area contributed by atoms with Crippen molar-refractivity contribution < 1.29 is 4.79 Å². The second-order valence-electron chi connectivity index (χ2n) is 6.99. The van der Waals surface area contributed by atoms with E-state index < -0.39 is 0 Å². The smallest absolute Gasteiger partial charge is 0.235 e. The van der Waals surface area contributed by atoms with Crippen LogP contribution >= 0.6 is 23.1 Å². The molecule has 28 heavy (non-hydrogen) atoms. The van der Waals surface area contributed by atoms with Crippen LogP contribution in [-0.2, 0) is 4.79 Å². The maximum Gasteiger partial charge on any atom is 0.235 e. The number of para-hydroxylation sites is 1. The van der Waals surface area contributed by atoms with Crippen molar-refractivity contribution in [3.8, 4) is 5.69 Å². The van der Waals surface area contributed by atoms with E-state index in [0.29, 0.717) is 17.8 Å². The Morgan fingerprint density at radius 2 is 2.07 bits per heavy atom. The summed E-state index contributed by atoms with van der Waals surface area (Å²) in [7, 11) is 0. The maximum atomic E-state index is 12.5. The fourth-order valence-corrected chi connectivity index (χ4v) is 4.41. The van der Waals surface area contributed by atoms with E-state index in [1.807, 2.05) is 54.9 Å². The summed E-state index contributed by atoms with van der Waals surface area (Å²) in [6.07, 6.45) is 2.33. The van der Waals surface area contributed by atoms with Gasteiger partial charge in [0.25, 0.3) is 0 Å².